The van der Waals surface area contributed by atoms with E-state index in [1.807, 2.05) is 6.92 Å². The van der Waals surface area contributed by atoms with Crippen LogP contribution in [0.1, 0.15) is 23.6 Å². The van der Waals surface area contributed by atoms with E-state index in [9.17, 15) is 17.6 Å². The molecular formula is C22H23FN4O3S. The molecule has 0 bridgehead atoms. The van der Waals surface area contributed by atoms with Gasteiger partial charge in [-0.05, 0) is 55.2 Å². The summed E-state index contributed by atoms with van der Waals surface area (Å²) in [5.41, 5.74) is 3.53. The quantitative estimate of drug-likeness (QED) is 0.648. The number of nitrogens with one attached hydrogen (secondary N) is 2. The molecule has 1 amide bonds. The van der Waals surface area contributed by atoms with Crippen molar-refractivity contribution >= 4 is 21.7 Å². The molecule has 1 aromatic heterocycles. The Kier molecular flexibility index (Phi) is 5.53. The average molecular weight is 443 g/mol. The van der Waals surface area contributed by atoms with Crippen molar-refractivity contribution in [3.63, 3.8) is 0 Å². The highest BCUT2D eigenvalue weighted by molar-refractivity contribution is 7.92. The molecule has 9 heteroatoms. The first-order valence-electron chi connectivity index (χ1n) is 9.95. The van der Waals surface area contributed by atoms with E-state index in [2.05, 4.69) is 14.9 Å². The Bertz CT molecular complexity index is 1250. The van der Waals surface area contributed by atoms with Crippen molar-refractivity contribution in [2.45, 2.75) is 31.6 Å². The summed E-state index contributed by atoms with van der Waals surface area (Å²) < 4.78 is 42.4. The fourth-order valence-corrected chi connectivity index (χ4v) is 4.78. The minimum atomic E-state index is -3.88. The van der Waals surface area contributed by atoms with Crippen molar-refractivity contribution in [2.75, 3.05) is 17.8 Å². The lowest BCUT2D eigenvalue weighted by Gasteiger charge is -2.17. The van der Waals surface area contributed by atoms with Crippen LogP contribution in [-0.2, 0) is 27.7 Å². The van der Waals surface area contributed by atoms with Crippen molar-refractivity contribution in [3.8, 4) is 11.3 Å². The first-order chi connectivity index (χ1) is 14.7. The molecule has 0 radical (unpaired) electrons. The fourth-order valence-electron chi connectivity index (χ4n) is 3.74. The lowest BCUT2D eigenvalue weighted by molar-refractivity contribution is -0.128. The van der Waals surface area contributed by atoms with E-state index in [4.69, 9.17) is 0 Å². The summed E-state index contributed by atoms with van der Waals surface area (Å²) in [5, 5.41) is 6.66. The number of aromatic amines is 1. The van der Waals surface area contributed by atoms with Gasteiger partial charge in [0.25, 0.3) is 10.0 Å². The number of nitrogens with zero attached hydrogens (tertiary/aromatic N) is 2. The molecule has 0 saturated carbocycles. The van der Waals surface area contributed by atoms with Gasteiger partial charge in [-0.1, -0.05) is 17.7 Å². The molecule has 1 aliphatic heterocycles. The highest BCUT2D eigenvalue weighted by atomic mass is 32.2. The number of carbonyl (C=O) groups is 1. The summed E-state index contributed by atoms with van der Waals surface area (Å²) in [4.78, 5) is 13.5. The van der Waals surface area contributed by atoms with Crippen LogP contribution < -0.4 is 4.72 Å². The maximum absolute atomic E-state index is 14.1. The van der Waals surface area contributed by atoms with E-state index in [-0.39, 0.29) is 16.6 Å². The van der Waals surface area contributed by atoms with Crippen LogP contribution in [0.15, 0.2) is 47.4 Å². The highest BCUT2D eigenvalue weighted by Gasteiger charge is 2.21. The van der Waals surface area contributed by atoms with Gasteiger partial charge in [-0.3, -0.25) is 14.6 Å². The van der Waals surface area contributed by atoms with Gasteiger partial charge in [0.05, 0.1) is 10.6 Å². The summed E-state index contributed by atoms with van der Waals surface area (Å²) in [6.07, 6.45) is 1.28. The molecular weight excluding hydrogens is 419 g/mol. The van der Waals surface area contributed by atoms with Crippen LogP contribution in [0.4, 0.5) is 10.2 Å². The normalized spacial score (nSPS) is 14.1. The van der Waals surface area contributed by atoms with Crippen molar-refractivity contribution in [1.29, 1.82) is 0 Å². The summed E-state index contributed by atoms with van der Waals surface area (Å²) in [5.74, 6) is -0.329. The number of rotatable bonds is 4. The van der Waals surface area contributed by atoms with Gasteiger partial charge in [0.15, 0.2) is 5.82 Å². The zero-order chi connectivity index (χ0) is 22.2. The number of aromatic nitrogens is 2. The van der Waals surface area contributed by atoms with E-state index < -0.39 is 15.8 Å². The second-order valence-electron chi connectivity index (χ2n) is 7.69. The Morgan fingerprint density at radius 1 is 1.10 bits per heavy atom. The zero-order valence-corrected chi connectivity index (χ0v) is 18.1. The summed E-state index contributed by atoms with van der Waals surface area (Å²) >= 11 is 0. The number of hydrogen-bond acceptors (Lipinski definition) is 4. The number of carbonyl (C=O) groups excluding carboxylic acids is 1. The summed E-state index contributed by atoms with van der Waals surface area (Å²) in [6.45, 7) is 4.57. The second-order valence-corrected chi connectivity index (χ2v) is 9.37. The van der Waals surface area contributed by atoms with Crippen molar-refractivity contribution < 1.29 is 17.6 Å². The molecule has 0 saturated heterocycles. The number of amides is 1. The van der Waals surface area contributed by atoms with Gasteiger partial charge < -0.3 is 4.90 Å². The molecule has 2 aromatic carbocycles. The highest BCUT2D eigenvalue weighted by Crippen LogP contribution is 2.26. The number of sulfonamides is 1. The van der Waals surface area contributed by atoms with Crippen LogP contribution >= 0.6 is 0 Å². The van der Waals surface area contributed by atoms with Gasteiger partial charge in [0.2, 0.25) is 5.91 Å². The summed E-state index contributed by atoms with van der Waals surface area (Å²) in [7, 11) is -3.88. The maximum Gasteiger partial charge on any atom is 0.263 e. The molecule has 2 heterocycles. The largest absolute Gasteiger partial charge is 0.342 e. The number of benzene rings is 2. The lowest BCUT2D eigenvalue weighted by Crippen LogP contribution is -2.30. The third-order valence-electron chi connectivity index (χ3n) is 5.46. The molecule has 4 rings (SSSR count). The molecule has 0 unspecified atom stereocenters. The van der Waals surface area contributed by atoms with Crippen LogP contribution in [0.25, 0.3) is 11.3 Å². The number of halogens is 1. The second kappa shape index (κ2) is 8.14. The van der Waals surface area contributed by atoms with Crippen LogP contribution in [0, 0.1) is 12.7 Å². The number of hydrogen-bond donors (Lipinski definition) is 2. The first kappa shape index (κ1) is 21.0. The van der Waals surface area contributed by atoms with E-state index in [1.54, 1.807) is 35.2 Å². The predicted octanol–water partition coefficient (Wildman–Crippen LogP) is 3.27. The molecule has 1 aliphatic rings. The molecule has 7 nitrogen and oxygen atoms in total. The molecule has 31 heavy (non-hydrogen) atoms. The Labute approximate surface area is 180 Å². The third-order valence-corrected chi connectivity index (χ3v) is 6.82. The van der Waals surface area contributed by atoms with Crippen molar-refractivity contribution in [2.24, 2.45) is 0 Å². The zero-order valence-electron chi connectivity index (χ0n) is 17.3. The van der Waals surface area contributed by atoms with E-state index >= 15 is 0 Å². The van der Waals surface area contributed by atoms with Gasteiger partial charge in [-0.2, -0.15) is 5.10 Å². The van der Waals surface area contributed by atoms with E-state index in [0.717, 1.165) is 16.7 Å². The fraction of sp³-hybridized carbons (Fsp3) is 0.273. The van der Waals surface area contributed by atoms with E-state index in [1.165, 1.54) is 19.1 Å². The number of fused-ring (bicyclic) bond motifs is 1. The maximum atomic E-state index is 14.1. The Morgan fingerprint density at radius 3 is 2.58 bits per heavy atom. The standard InChI is InChI=1S/C22H23FN4O3S/c1-14-3-6-20(23)19(11-14)21-13-22(25-24-21)26-31(29,30)18-5-4-16-7-9-27(15(2)28)10-8-17(16)12-18/h3-6,11-13H,7-10H2,1-2H3,(H2,24,25,26). The van der Waals surface area contributed by atoms with Crippen LogP contribution in [0.3, 0.4) is 0 Å². The van der Waals surface area contributed by atoms with Crippen LogP contribution in [0.5, 0.6) is 0 Å². The van der Waals surface area contributed by atoms with Gasteiger partial charge in [0, 0.05) is 31.6 Å². The minimum Gasteiger partial charge on any atom is -0.342 e. The topological polar surface area (TPSA) is 95.2 Å². The van der Waals surface area contributed by atoms with Crippen molar-refractivity contribution in [1.82, 2.24) is 15.1 Å². The molecule has 0 spiro atoms. The number of aryl methyl sites for hydroxylation is 1. The predicted molar refractivity (Wildman–Crippen MR) is 116 cm³/mol. The van der Waals surface area contributed by atoms with Crippen LogP contribution in [-0.4, -0.2) is 42.5 Å². The first-order valence-corrected chi connectivity index (χ1v) is 11.4. The van der Waals surface area contributed by atoms with Gasteiger partial charge in [-0.15, -0.1) is 0 Å². The lowest BCUT2D eigenvalue weighted by atomic mass is 10.0. The smallest absolute Gasteiger partial charge is 0.263 e. The molecule has 2 N–H and O–H groups in total. The van der Waals surface area contributed by atoms with Crippen LogP contribution in [0.2, 0.25) is 0 Å². The SMILES string of the molecule is CC(=O)N1CCc2ccc(S(=O)(=O)Nc3cc(-c4cc(C)ccc4F)[nH]n3)cc2CC1. The molecule has 0 fully saturated rings. The van der Waals surface area contributed by atoms with E-state index in [0.29, 0.717) is 37.2 Å². The van der Waals surface area contributed by atoms with Gasteiger partial charge >= 0.3 is 0 Å². The molecule has 162 valence electrons. The Balaban J connectivity index is 1.56. The Morgan fingerprint density at radius 2 is 1.84 bits per heavy atom. The monoisotopic (exact) mass is 442 g/mol. The van der Waals surface area contributed by atoms with Gasteiger partial charge in [0.1, 0.15) is 5.82 Å². The summed E-state index contributed by atoms with van der Waals surface area (Å²) in [6, 6.07) is 11.1. The number of anilines is 1. The third kappa shape index (κ3) is 4.46. The average Bonchev–Trinajstić information content (AvgIpc) is 3.05. The Hall–Kier alpha value is -3.20. The number of H-pyrrole nitrogens is 1. The minimum absolute atomic E-state index is 0.0155. The van der Waals surface area contributed by atoms with Gasteiger partial charge in [-0.25, -0.2) is 12.8 Å². The molecule has 3 aromatic rings. The molecule has 0 atom stereocenters. The van der Waals surface area contributed by atoms with Crippen molar-refractivity contribution in [3.05, 3.63) is 65.0 Å². The molecule has 0 aliphatic carbocycles.